The molecule has 218 valence electrons. The van der Waals surface area contributed by atoms with Crippen LogP contribution in [0.4, 0.5) is 4.79 Å². The molecule has 2 amide bonds. The standard InChI is InChI=1S/C29H44N2O8/c1-5-35-27(33)22-13-15-31(16-14-22)26(32)24(30-28(34)39-29(2,3)4)20-21-9-11-23(12-10-21)36-18-19-38-25-8-6-7-17-37-25/h9-12,22,24-25H,5-8,13-20H2,1-4H3,(H,30,34)/t24-,25?/m0/s1. The van der Waals surface area contributed by atoms with Gasteiger partial charge in [0.1, 0.15) is 24.0 Å². The van der Waals surface area contributed by atoms with Gasteiger partial charge >= 0.3 is 12.1 Å². The van der Waals surface area contributed by atoms with Gasteiger partial charge in [0.2, 0.25) is 5.91 Å². The summed E-state index contributed by atoms with van der Waals surface area (Å²) in [4.78, 5) is 39.8. The van der Waals surface area contributed by atoms with Crippen molar-refractivity contribution in [3.05, 3.63) is 29.8 Å². The van der Waals surface area contributed by atoms with Gasteiger partial charge in [-0.15, -0.1) is 0 Å². The zero-order valence-electron chi connectivity index (χ0n) is 23.7. The molecule has 1 unspecified atom stereocenters. The summed E-state index contributed by atoms with van der Waals surface area (Å²) in [6.07, 6.45) is 3.67. The first-order valence-corrected chi connectivity index (χ1v) is 14.0. The number of likely N-dealkylation sites (tertiary alicyclic amines) is 1. The van der Waals surface area contributed by atoms with Crippen molar-refractivity contribution < 1.29 is 38.1 Å². The van der Waals surface area contributed by atoms with E-state index in [9.17, 15) is 14.4 Å². The summed E-state index contributed by atoms with van der Waals surface area (Å²) in [6, 6.07) is 6.63. The molecule has 2 heterocycles. The molecule has 10 nitrogen and oxygen atoms in total. The predicted octanol–water partition coefficient (Wildman–Crippen LogP) is 3.85. The van der Waals surface area contributed by atoms with Crippen LogP contribution in [0.2, 0.25) is 0 Å². The fourth-order valence-electron chi connectivity index (χ4n) is 4.61. The molecule has 3 rings (SSSR count). The minimum Gasteiger partial charge on any atom is -0.491 e. The summed E-state index contributed by atoms with van der Waals surface area (Å²) < 4.78 is 27.6. The van der Waals surface area contributed by atoms with Crippen LogP contribution in [0.25, 0.3) is 0 Å². The molecule has 2 aliphatic heterocycles. The number of carbonyl (C=O) groups is 3. The van der Waals surface area contributed by atoms with E-state index in [0.29, 0.717) is 51.5 Å². The van der Waals surface area contributed by atoms with Crippen LogP contribution < -0.4 is 10.1 Å². The minimum atomic E-state index is -0.811. The van der Waals surface area contributed by atoms with Crippen molar-refractivity contribution in [2.75, 3.05) is 39.5 Å². The second-order valence-electron chi connectivity index (χ2n) is 10.9. The molecule has 0 spiro atoms. The SMILES string of the molecule is CCOC(=O)C1CCN(C(=O)[C@H](Cc2ccc(OCCOC3CCCCO3)cc2)NC(=O)OC(C)(C)C)CC1. The lowest BCUT2D eigenvalue weighted by Gasteiger charge is -2.34. The number of alkyl carbamates (subject to hydrolysis) is 1. The highest BCUT2D eigenvalue weighted by atomic mass is 16.7. The molecular weight excluding hydrogens is 504 g/mol. The summed E-state index contributed by atoms with van der Waals surface area (Å²) in [5, 5.41) is 2.76. The van der Waals surface area contributed by atoms with Gasteiger partial charge in [0, 0.05) is 26.1 Å². The monoisotopic (exact) mass is 548 g/mol. The lowest BCUT2D eigenvalue weighted by atomic mass is 9.96. The summed E-state index contributed by atoms with van der Waals surface area (Å²) in [5.74, 6) is 0.0603. The van der Waals surface area contributed by atoms with Crippen LogP contribution in [-0.2, 0) is 35.0 Å². The molecule has 2 saturated heterocycles. The van der Waals surface area contributed by atoms with Crippen LogP contribution in [0.3, 0.4) is 0 Å². The van der Waals surface area contributed by atoms with Gasteiger partial charge in [-0.2, -0.15) is 0 Å². The highest BCUT2D eigenvalue weighted by molar-refractivity contribution is 5.86. The van der Waals surface area contributed by atoms with E-state index in [1.54, 1.807) is 32.6 Å². The molecule has 0 radical (unpaired) electrons. The second-order valence-corrected chi connectivity index (χ2v) is 10.9. The normalized spacial score (nSPS) is 19.2. The highest BCUT2D eigenvalue weighted by Crippen LogP contribution is 2.21. The largest absolute Gasteiger partial charge is 0.491 e. The molecule has 2 atom stereocenters. The molecule has 2 fully saturated rings. The Hall–Kier alpha value is -2.85. The highest BCUT2D eigenvalue weighted by Gasteiger charge is 2.33. The molecule has 0 saturated carbocycles. The van der Waals surface area contributed by atoms with Gasteiger partial charge in [-0.3, -0.25) is 9.59 Å². The van der Waals surface area contributed by atoms with Crippen molar-refractivity contribution in [3.8, 4) is 5.75 Å². The fourth-order valence-corrected chi connectivity index (χ4v) is 4.61. The van der Waals surface area contributed by atoms with Crippen molar-refractivity contribution in [2.24, 2.45) is 5.92 Å². The molecule has 1 aromatic carbocycles. The van der Waals surface area contributed by atoms with E-state index in [-0.39, 0.29) is 30.5 Å². The first kappa shape index (κ1) is 30.7. The Morgan fingerprint density at radius 2 is 1.77 bits per heavy atom. The Morgan fingerprint density at radius 3 is 2.38 bits per heavy atom. The van der Waals surface area contributed by atoms with Crippen LogP contribution >= 0.6 is 0 Å². The van der Waals surface area contributed by atoms with E-state index in [1.165, 1.54) is 0 Å². The predicted molar refractivity (Wildman–Crippen MR) is 144 cm³/mol. The number of nitrogens with one attached hydrogen (secondary N) is 1. The number of amides is 2. The van der Waals surface area contributed by atoms with Crippen LogP contribution in [0.5, 0.6) is 5.75 Å². The zero-order valence-corrected chi connectivity index (χ0v) is 23.7. The number of ether oxygens (including phenoxy) is 5. The minimum absolute atomic E-state index is 0.146. The third-order valence-corrected chi connectivity index (χ3v) is 6.57. The first-order valence-electron chi connectivity index (χ1n) is 14.0. The van der Waals surface area contributed by atoms with Gasteiger partial charge in [0.25, 0.3) is 0 Å². The van der Waals surface area contributed by atoms with E-state index in [0.717, 1.165) is 31.4 Å². The quantitative estimate of drug-likeness (QED) is 0.328. The number of carbonyl (C=O) groups excluding carboxylic acids is 3. The average molecular weight is 549 g/mol. The number of piperidine rings is 1. The molecule has 2 aliphatic rings. The van der Waals surface area contributed by atoms with Gasteiger partial charge in [-0.05, 0) is 77.5 Å². The molecule has 0 bridgehead atoms. The molecule has 0 aliphatic carbocycles. The van der Waals surface area contributed by atoms with Gasteiger partial charge in [0.05, 0.1) is 19.1 Å². The van der Waals surface area contributed by atoms with Gasteiger partial charge in [-0.25, -0.2) is 4.79 Å². The Kier molecular flexibility index (Phi) is 11.9. The number of nitrogens with zero attached hydrogens (tertiary/aromatic N) is 1. The molecule has 39 heavy (non-hydrogen) atoms. The smallest absolute Gasteiger partial charge is 0.408 e. The molecule has 1 N–H and O–H groups in total. The van der Waals surface area contributed by atoms with E-state index in [4.69, 9.17) is 23.7 Å². The molecule has 0 aromatic heterocycles. The molecular formula is C29H44N2O8. The van der Waals surface area contributed by atoms with Crippen molar-refractivity contribution >= 4 is 18.0 Å². The number of benzene rings is 1. The van der Waals surface area contributed by atoms with Crippen LogP contribution in [0.1, 0.15) is 65.4 Å². The topological polar surface area (TPSA) is 113 Å². The number of hydrogen-bond acceptors (Lipinski definition) is 8. The Bertz CT molecular complexity index is 916. The molecule has 10 heteroatoms. The van der Waals surface area contributed by atoms with Crippen molar-refractivity contribution in [1.82, 2.24) is 10.2 Å². The van der Waals surface area contributed by atoms with Crippen LogP contribution in [0, 0.1) is 5.92 Å². The third-order valence-electron chi connectivity index (χ3n) is 6.57. The first-order chi connectivity index (χ1) is 18.6. The lowest BCUT2D eigenvalue weighted by molar-refractivity contribution is -0.165. The van der Waals surface area contributed by atoms with Crippen molar-refractivity contribution in [3.63, 3.8) is 0 Å². The Morgan fingerprint density at radius 1 is 1.05 bits per heavy atom. The maximum atomic E-state index is 13.5. The van der Waals surface area contributed by atoms with Gasteiger partial charge in [0.15, 0.2) is 6.29 Å². The average Bonchev–Trinajstić information content (AvgIpc) is 2.91. The van der Waals surface area contributed by atoms with E-state index < -0.39 is 17.7 Å². The lowest BCUT2D eigenvalue weighted by Crippen LogP contribution is -2.52. The van der Waals surface area contributed by atoms with Crippen molar-refractivity contribution in [2.45, 2.75) is 84.2 Å². The summed E-state index contributed by atoms with van der Waals surface area (Å²) in [6.45, 7) is 9.88. The Labute approximate surface area is 231 Å². The number of hydrogen-bond donors (Lipinski definition) is 1. The van der Waals surface area contributed by atoms with Gasteiger partial charge < -0.3 is 33.9 Å². The summed E-state index contributed by atoms with van der Waals surface area (Å²) >= 11 is 0. The van der Waals surface area contributed by atoms with E-state index >= 15 is 0 Å². The maximum Gasteiger partial charge on any atom is 0.408 e. The molecule has 1 aromatic rings. The van der Waals surface area contributed by atoms with E-state index in [1.807, 2.05) is 24.3 Å². The van der Waals surface area contributed by atoms with E-state index in [2.05, 4.69) is 5.32 Å². The van der Waals surface area contributed by atoms with Crippen molar-refractivity contribution in [1.29, 1.82) is 0 Å². The van der Waals surface area contributed by atoms with Crippen LogP contribution in [-0.4, -0.2) is 80.3 Å². The number of rotatable bonds is 11. The maximum absolute atomic E-state index is 13.5. The summed E-state index contributed by atoms with van der Waals surface area (Å²) in [5.41, 5.74) is 0.173. The van der Waals surface area contributed by atoms with Gasteiger partial charge in [-0.1, -0.05) is 12.1 Å². The zero-order chi connectivity index (χ0) is 28.3. The second kappa shape index (κ2) is 15.1. The van der Waals surface area contributed by atoms with Crippen LogP contribution in [0.15, 0.2) is 24.3 Å². The Balaban J connectivity index is 1.55. The number of esters is 1. The fraction of sp³-hybridized carbons (Fsp3) is 0.690. The third kappa shape index (κ3) is 10.7. The summed E-state index contributed by atoms with van der Waals surface area (Å²) in [7, 11) is 0.